The van der Waals surface area contributed by atoms with Crippen LogP contribution in [-0.2, 0) is 17.8 Å². The number of nitrogens with one attached hydrogen (secondary N) is 1. The molecule has 4 heterocycles. The van der Waals surface area contributed by atoms with Crippen molar-refractivity contribution in [1.82, 2.24) is 24.3 Å². The lowest BCUT2D eigenvalue weighted by Gasteiger charge is -2.14. The Morgan fingerprint density at radius 3 is 2.88 bits per heavy atom. The van der Waals surface area contributed by atoms with E-state index in [0.29, 0.717) is 12.3 Å². The Bertz CT molecular complexity index is 1310. The maximum Gasteiger partial charge on any atom is 0.192 e. The molecule has 1 N–H and O–H groups in total. The second-order valence-corrected chi connectivity index (χ2v) is 9.89. The molecule has 1 aromatic carbocycles. The molecule has 1 fully saturated rings. The minimum Gasteiger partial charge on any atom is -0.376 e. The number of benzene rings is 1. The molecule has 0 radical (unpaired) electrons. The summed E-state index contributed by atoms with van der Waals surface area (Å²) in [6.07, 6.45) is 5.27. The molecule has 7 nitrogen and oxygen atoms in total. The number of rotatable bonds is 9. The number of carbonyl (C=O) groups excluding carboxylic acids is 1. The predicted molar refractivity (Wildman–Crippen MR) is 136 cm³/mol. The molecule has 8 heteroatoms. The van der Waals surface area contributed by atoms with Gasteiger partial charge in [0.1, 0.15) is 0 Å². The van der Waals surface area contributed by atoms with Crippen molar-refractivity contribution in [3.8, 4) is 11.4 Å². The van der Waals surface area contributed by atoms with E-state index in [0.717, 1.165) is 76.8 Å². The summed E-state index contributed by atoms with van der Waals surface area (Å²) in [4.78, 5) is 16.5. The number of aromatic nitrogens is 5. The number of aryl methyl sites for hydroxylation is 1. The highest BCUT2D eigenvalue weighted by atomic mass is 32.2. The number of hydrogen-bond donors (Lipinski definition) is 1. The van der Waals surface area contributed by atoms with Gasteiger partial charge in [-0.2, -0.15) is 0 Å². The molecule has 1 aliphatic heterocycles. The number of aromatic amines is 1. The fraction of sp³-hybridized carbons (Fsp3) is 0.423. The molecule has 5 rings (SSSR count). The van der Waals surface area contributed by atoms with E-state index < -0.39 is 0 Å². The lowest BCUT2D eigenvalue weighted by Crippen LogP contribution is -2.17. The Morgan fingerprint density at radius 1 is 1.24 bits per heavy atom. The maximum absolute atomic E-state index is 13.2. The predicted octanol–water partition coefficient (Wildman–Crippen LogP) is 5.41. The van der Waals surface area contributed by atoms with Gasteiger partial charge in [0.15, 0.2) is 16.8 Å². The van der Waals surface area contributed by atoms with E-state index in [4.69, 9.17) is 4.74 Å². The van der Waals surface area contributed by atoms with E-state index in [2.05, 4.69) is 50.3 Å². The topological polar surface area (TPSA) is 77.7 Å². The molecule has 1 saturated heterocycles. The van der Waals surface area contributed by atoms with Crippen LogP contribution in [0.3, 0.4) is 0 Å². The summed E-state index contributed by atoms with van der Waals surface area (Å²) in [5, 5.41) is 10.9. The molecule has 0 amide bonds. The molecule has 34 heavy (non-hydrogen) atoms. The summed E-state index contributed by atoms with van der Waals surface area (Å²) in [6, 6.07) is 10.2. The summed E-state index contributed by atoms with van der Waals surface area (Å²) < 4.78 is 10.3. The van der Waals surface area contributed by atoms with Crippen LogP contribution in [0.4, 0.5) is 0 Å². The van der Waals surface area contributed by atoms with Crippen LogP contribution in [0.5, 0.6) is 0 Å². The quantitative estimate of drug-likeness (QED) is 0.258. The number of ether oxygens (including phenoxy) is 1. The zero-order valence-corrected chi connectivity index (χ0v) is 20.8. The van der Waals surface area contributed by atoms with Gasteiger partial charge in [-0.15, -0.1) is 10.2 Å². The van der Waals surface area contributed by atoms with Gasteiger partial charge in [0, 0.05) is 52.8 Å². The molecule has 3 aromatic heterocycles. The lowest BCUT2D eigenvalue weighted by molar-refractivity contribution is 0.0953. The van der Waals surface area contributed by atoms with Crippen molar-refractivity contribution in [2.75, 3.05) is 12.4 Å². The molecule has 0 bridgehead atoms. The van der Waals surface area contributed by atoms with Gasteiger partial charge in [-0.25, -0.2) is 0 Å². The van der Waals surface area contributed by atoms with Gasteiger partial charge in [0.2, 0.25) is 0 Å². The molecular formula is C26H31N5O2S. The molecular weight excluding hydrogens is 446 g/mol. The molecule has 0 saturated carbocycles. The van der Waals surface area contributed by atoms with Crippen LogP contribution in [-0.4, -0.2) is 48.6 Å². The Kier molecular flexibility index (Phi) is 6.61. The Hall–Kier alpha value is -2.84. The standard InChI is InChI=1S/C26H31N5O2S/c1-4-11-30-17(2)13-21(18(30)3)24(32)16-34-26-29-28-25(31(26)15-19-8-7-12-33-19)22-14-27-23-10-6-5-9-20(22)23/h5-6,9-10,13-14,19,27H,4,7-8,11-12,15-16H2,1-3H3. The molecule has 0 aliphatic carbocycles. The first kappa shape index (κ1) is 22.9. The molecule has 0 spiro atoms. The summed E-state index contributed by atoms with van der Waals surface area (Å²) in [5.41, 5.74) is 5.07. The smallest absolute Gasteiger partial charge is 0.192 e. The Balaban J connectivity index is 1.42. The largest absolute Gasteiger partial charge is 0.376 e. The summed E-state index contributed by atoms with van der Waals surface area (Å²) in [6.45, 7) is 8.67. The normalized spacial score (nSPS) is 16.0. The van der Waals surface area contributed by atoms with E-state index in [1.165, 1.54) is 11.8 Å². The third-order valence-electron chi connectivity index (χ3n) is 6.61. The van der Waals surface area contributed by atoms with Crippen LogP contribution in [0.1, 0.15) is 47.9 Å². The SMILES string of the molecule is CCCn1c(C)cc(C(=O)CSc2nnc(-c3c[nH]c4ccccc34)n2CC2CCCO2)c1C. The fourth-order valence-corrected chi connectivity index (χ4v) is 5.70. The minimum atomic E-state index is 0.126. The third-order valence-corrected chi connectivity index (χ3v) is 7.58. The average Bonchev–Trinajstić information content (AvgIpc) is 3.62. The van der Waals surface area contributed by atoms with Crippen molar-refractivity contribution in [3.63, 3.8) is 0 Å². The van der Waals surface area contributed by atoms with Crippen molar-refractivity contribution in [2.45, 2.75) is 64.4 Å². The number of ketones is 1. The molecule has 4 aromatic rings. The first-order chi connectivity index (χ1) is 16.6. The van der Waals surface area contributed by atoms with Gasteiger partial charge in [-0.05, 0) is 45.2 Å². The van der Waals surface area contributed by atoms with Gasteiger partial charge in [-0.1, -0.05) is 36.9 Å². The van der Waals surface area contributed by atoms with E-state index >= 15 is 0 Å². The fourth-order valence-electron chi connectivity index (χ4n) is 4.87. The second-order valence-electron chi connectivity index (χ2n) is 8.95. The van der Waals surface area contributed by atoms with Crippen molar-refractivity contribution >= 4 is 28.4 Å². The van der Waals surface area contributed by atoms with E-state index in [1.54, 1.807) is 0 Å². The highest BCUT2D eigenvalue weighted by Gasteiger charge is 2.24. The monoisotopic (exact) mass is 477 g/mol. The van der Waals surface area contributed by atoms with Gasteiger partial charge in [-0.3, -0.25) is 9.36 Å². The number of nitrogens with zero attached hydrogens (tertiary/aromatic N) is 4. The van der Waals surface area contributed by atoms with E-state index in [9.17, 15) is 4.79 Å². The van der Waals surface area contributed by atoms with Gasteiger partial charge >= 0.3 is 0 Å². The van der Waals surface area contributed by atoms with Crippen LogP contribution in [0, 0.1) is 13.8 Å². The maximum atomic E-state index is 13.2. The van der Waals surface area contributed by atoms with Crippen molar-refractivity contribution in [3.05, 3.63) is 53.5 Å². The van der Waals surface area contributed by atoms with Crippen LogP contribution in [0.2, 0.25) is 0 Å². The summed E-state index contributed by atoms with van der Waals surface area (Å²) >= 11 is 1.46. The van der Waals surface area contributed by atoms with Crippen molar-refractivity contribution in [1.29, 1.82) is 0 Å². The molecule has 178 valence electrons. The number of Topliss-reactive ketones (excluding diaryl/α,β-unsaturated/α-hetero) is 1. The minimum absolute atomic E-state index is 0.126. The van der Waals surface area contributed by atoms with Crippen LogP contribution in [0.15, 0.2) is 41.7 Å². The highest BCUT2D eigenvalue weighted by Crippen LogP contribution is 2.31. The van der Waals surface area contributed by atoms with Gasteiger partial charge < -0.3 is 14.3 Å². The third kappa shape index (κ3) is 4.32. The molecule has 1 unspecified atom stereocenters. The van der Waals surface area contributed by atoms with Crippen LogP contribution >= 0.6 is 11.8 Å². The zero-order valence-electron chi connectivity index (χ0n) is 20.0. The van der Waals surface area contributed by atoms with Crippen molar-refractivity contribution < 1.29 is 9.53 Å². The van der Waals surface area contributed by atoms with Gasteiger partial charge in [0.05, 0.1) is 18.4 Å². The summed E-state index contributed by atoms with van der Waals surface area (Å²) in [5.74, 6) is 1.26. The average molecular weight is 478 g/mol. The van der Waals surface area contributed by atoms with Gasteiger partial charge in [0.25, 0.3) is 0 Å². The van der Waals surface area contributed by atoms with E-state index in [1.807, 2.05) is 31.3 Å². The van der Waals surface area contributed by atoms with E-state index in [-0.39, 0.29) is 11.9 Å². The summed E-state index contributed by atoms with van der Waals surface area (Å²) in [7, 11) is 0. The Labute approximate surface area is 203 Å². The number of para-hydroxylation sites is 1. The van der Waals surface area contributed by atoms with Crippen LogP contribution < -0.4 is 0 Å². The molecule has 1 atom stereocenters. The Morgan fingerprint density at radius 2 is 2.09 bits per heavy atom. The number of carbonyl (C=O) groups is 1. The first-order valence-electron chi connectivity index (χ1n) is 12.0. The number of fused-ring (bicyclic) bond motifs is 1. The first-order valence-corrected chi connectivity index (χ1v) is 13.0. The van der Waals surface area contributed by atoms with Crippen molar-refractivity contribution in [2.24, 2.45) is 0 Å². The zero-order chi connectivity index (χ0) is 23.7. The molecule has 1 aliphatic rings. The van der Waals surface area contributed by atoms with Crippen LogP contribution in [0.25, 0.3) is 22.3 Å². The second kappa shape index (κ2) is 9.80. The number of hydrogen-bond acceptors (Lipinski definition) is 5. The number of thioether (sulfide) groups is 1. The lowest BCUT2D eigenvalue weighted by atomic mass is 10.1. The number of H-pyrrole nitrogens is 1. The highest BCUT2D eigenvalue weighted by molar-refractivity contribution is 7.99.